The zero-order valence-electron chi connectivity index (χ0n) is 11.8. The van der Waals surface area contributed by atoms with Crippen molar-refractivity contribution in [2.45, 2.75) is 19.1 Å². The van der Waals surface area contributed by atoms with Crippen LogP contribution in [0.15, 0.2) is 30.3 Å². The van der Waals surface area contributed by atoms with Crippen LogP contribution in [-0.4, -0.2) is 47.6 Å². The number of likely N-dealkylation sites (tertiary alicyclic amines) is 1. The molecule has 0 radical (unpaired) electrons. The Bertz CT molecular complexity index is 492. The average Bonchev–Trinajstić information content (AvgIpc) is 2.85. The molecule has 0 spiro atoms. The molecule has 1 aromatic carbocycles. The van der Waals surface area contributed by atoms with Crippen molar-refractivity contribution < 1.29 is 19.4 Å². The number of carbonyl (C=O) groups excluding carboxylic acids is 1. The number of carboxylic acid groups (broad SMARTS) is 1. The topological polar surface area (TPSA) is 92.9 Å². The van der Waals surface area contributed by atoms with Crippen molar-refractivity contribution in [2.75, 3.05) is 19.7 Å². The van der Waals surface area contributed by atoms with Crippen LogP contribution in [0.25, 0.3) is 0 Å². The van der Waals surface area contributed by atoms with E-state index in [4.69, 9.17) is 10.5 Å². The van der Waals surface area contributed by atoms with E-state index in [0.717, 1.165) is 5.56 Å². The minimum atomic E-state index is -1.05. The standard InChI is InChI=1S/C15H20N2O4/c16-7-12-6-14(18)17(8-12)13(15(19)20)10-21-9-11-4-2-1-3-5-11/h1-5,12-13H,6-10,16H2,(H,19,20)/t12?,13-/m1/s1. The molecule has 1 unspecified atom stereocenters. The molecule has 6 heteroatoms. The van der Waals surface area contributed by atoms with Crippen LogP contribution >= 0.6 is 0 Å². The van der Waals surface area contributed by atoms with Gasteiger partial charge in [-0.25, -0.2) is 4.79 Å². The lowest BCUT2D eigenvalue weighted by Crippen LogP contribution is -2.45. The Labute approximate surface area is 123 Å². The summed E-state index contributed by atoms with van der Waals surface area (Å²) in [6.45, 7) is 1.08. The minimum Gasteiger partial charge on any atom is -0.480 e. The van der Waals surface area contributed by atoms with Gasteiger partial charge in [-0.2, -0.15) is 0 Å². The molecule has 2 atom stereocenters. The van der Waals surface area contributed by atoms with E-state index in [9.17, 15) is 14.7 Å². The molecule has 1 aromatic rings. The lowest BCUT2D eigenvalue weighted by atomic mass is 10.1. The van der Waals surface area contributed by atoms with E-state index in [1.807, 2.05) is 30.3 Å². The zero-order valence-corrected chi connectivity index (χ0v) is 11.8. The van der Waals surface area contributed by atoms with Crippen molar-refractivity contribution >= 4 is 11.9 Å². The van der Waals surface area contributed by atoms with Gasteiger partial charge in [-0.15, -0.1) is 0 Å². The molecular formula is C15H20N2O4. The lowest BCUT2D eigenvalue weighted by molar-refractivity contribution is -0.151. The van der Waals surface area contributed by atoms with E-state index >= 15 is 0 Å². The molecule has 1 amide bonds. The number of aliphatic carboxylic acids is 1. The van der Waals surface area contributed by atoms with Crippen LogP contribution < -0.4 is 5.73 Å². The van der Waals surface area contributed by atoms with Gasteiger partial charge in [-0.3, -0.25) is 4.79 Å². The number of nitrogens with zero attached hydrogens (tertiary/aromatic N) is 1. The largest absolute Gasteiger partial charge is 0.480 e. The molecule has 1 saturated heterocycles. The molecule has 1 aliphatic rings. The molecule has 114 valence electrons. The van der Waals surface area contributed by atoms with E-state index in [1.54, 1.807) is 0 Å². The number of carbonyl (C=O) groups is 2. The Kier molecular flexibility index (Phi) is 5.30. The van der Waals surface area contributed by atoms with Gasteiger partial charge in [0.2, 0.25) is 5.91 Å². The van der Waals surface area contributed by atoms with Gasteiger partial charge < -0.3 is 20.5 Å². The number of nitrogens with two attached hydrogens (primary N) is 1. The van der Waals surface area contributed by atoms with E-state index in [-0.39, 0.29) is 18.4 Å². The number of hydrogen-bond donors (Lipinski definition) is 2. The number of carboxylic acids is 1. The number of amides is 1. The maximum Gasteiger partial charge on any atom is 0.328 e. The molecular weight excluding hydrogens is 272 g/mol. The molecule has 1 fully saturated rings. The third kappa shape index (κ3) is 4.03. The van der Waals surface area contributed by atoms with Crippen LogP contribution in [-0.2, 0) is 20.9 Å². The van der Waals surface area contributed by atoms with E-state index in [0.29, 0.717) is 26.1 Å². The molecule has 1 aliphatic heterocycles. The Morgan fingerprint density at radius 1 is 1.43 bits per heavy atom. The maximum atomic E-state index is 11.9. The first-order valence-corrected chi connectivity index (χ1v) is 6.95. The fourth-order valence-electron chi connectivity index (χ4n) is 2.42. The molecule has 1 heterocycles. The highest BCUT2D eigenvalue weighted by atomic mass is 16.5. The number of hydrogen-bond acceptors (Lipinski definition) is 4. The summed E-state index contributed by atoms with van der Waals surface area (Å²) in [5, 5.41) is 9.30. The highest BCUT2D eigenvalue weighted by Gasteiger charge is 2.37. The summed E-state index contributed by atoms with van der Waals surface area (Å²) in [5.41, 5.74) is 6.52. The fraction of sp³-hybridized carbons (Fsp3) is 0.467. The summed E-state index contributed by atoms with van der Waals surface area (Å²) in [6, 6.07) is 8.55. The number of rotatable bonds is 7. The Hall–Kier alpha value is -1.92. The second-order valence-corrected chi connectivity index (χ2v) is 5.21. The number of ether oxygens (including phenoxy) is 1. The van der Waals surface area contributed by atoms with Crippen LogP contribution in [0.3, 0.4) is 0 Å². The predicted octanol–water partition coefficient (Wildman–Crippen LogP) is 0.464. The van der Waals surface area contributed by atoms with Crippen LogP contribution in [0.1, 0.15) is 12.0 Å². The Morgan fingerprint density at radius 3 is 2.71 bits per heavy atom. The summed E-state index contributed by atoms with van der Waals surface area (Å²) < 4.78 is 5.47. The monoisotopic (exact) mass is 292 g/mol. The minimum absolute atomic E-state index is 0.0206. The smallest absolute Gasteiger partial charge is 0.328 e. The van der Waals surface area contributed by atoms with Crippen molar-refractivity contribution in [3.8, 4) is 0 Å². The highest BCUT2D eigenvalue weighted by molar-refractivity contribution is 5.85. The summed E-state index contributed by atoms with van der Waals surface area (Å²) in [6.07, 6.45) is 0.318. The summed E-state index contributed by atoms with van der Waals surface area (Å²) in [4.78, 5) is 24.6. The van der Waals surface area contributed by atoms with Gasteiger partial charge in [0.25, 0.3) is 0 Å². The van der Waals surface area contributed by atoms with Crippen molar-refractivity contribution in [3.63, 3.8) is 0 Å². The van der Waals surface area contributed by atoms with Gasteiger partial charge in [-0.1, -0.05) is 30.3 Å². The van der Waals surface area contributed by atoms with Crippen LogP contribution in [0, 0.1) is 5.92 Å². The zero-order chi connectivity index (χ0) is 15.2. The van der Waals surface area contributed by atoms with Gasteiger partial charge in [0.15, 0.2) is 6.04 Å². The predicted molar refractivity (Wildman–Crippen MR) is 76.4 cm³/mol. The molecule has 0 aromatic heterocycles. The Morgan fingerprint density at radius 2 is 2.14 bits per heavy atom. The van der Waals surface area contributed by atoms with E-state index in [1.165, 1.54) is 4.90 Å². The van der Waals surface area contributed by atoms with Gasteiger partial charge in [0.05, 0.1) is 13.2 Å². The molecule has 0 bridgehead atoms. The highest BCUT2D eigenvalue weighted by Crippen LogP contribution is 2.20. The third-order valence-corrected chi connectivity index (χ3v) is 3.62. The van der Waals surface area contributed by atoms with Crippen LogP contribution in [0.4, 0.5) is 0 Å². The van der Waals surface area contributed by atoms with E-state index < -0.39 is 12.0 Å². The molecule has 0 aliphatic carbocycles. The van der Waals surface area contributed by atoms with E-state index in [2.05, 4.69) is 0 Å². The lowest BCUT2D eigenvalue weighted by Gasteiger charge is -2.24. The molecule has 3 N–H and O–H groups in total. The van der Waals surface area contributed by atoms with Crippen LogP contribution in [0.2, 0.25) is 0 Å². The maximum absolute atomic E-state index is 11.9. The Balaban J connectivity index is 1.91. The van der Waals surface area contributed by atoms with Gasteiger partial charge in [0, 0.05) is 13.0 Å². The normalized spacial score (nSPS) is 19.8. The van der Waals surface area contributed by atoms with Crippen molar-refractivity contribution in [1.82, 2.24) is 4.90 Å². The molecule has 0 saturated carbocycles. The first-order chi connectivity index (χ1) is 10.1. The van der Waals surface area contributed by atoms with Gasteiger partial charge in [0.1, 0.15) is 0 Å². The molecule has 2 rings (SSSR count). The summed E-state index contributed by atoms with van der Waals surface area (Å²) in [5.74, 6) is -1.18. The van der Waals surface area contributed by atoms with Gasteiger partial charge >= 0.3 is 5.97 Å². The van der Waals surface area contributed by atoms with Crippen LogP contribution in [0.5, 0.6) is 0 Å². The first kappa shape index (κ1) is 15.5. The third-order valence-electron chi connectivity index (χ3n) is 3.62. The average molecular weight is 292 g/mol. The van der Waals surface area contributed by atoms with Crippen molar-refractivity contribution in [3.05, 3.63) is 35.9 Å². The quantitative estimate of drug-likeness (QED) is 0.762. The molecule has 21 heavy (non-hydrogen) atoms. The van der Waals surface area contributed by atoms with Crippen molar-refractivity contribution in [1.29, 1.82) is 0 Å². The SMILES string of the molecule is NCC1CC(=O)N([C@H](COCc2ccccc2)C(=O)O)C1. The van der Waals surface area contributed by atoms with Crippen molar-refractivity contribution in [2.24, 2.45) is 11.7 Å². The summed E-state index contributed by atoms with van der Waals surface area (Å²) in [7, 11) is 0. The molecule has 6 nitrogen and oxygen atoms in total. The van der Waals surface area contributed by atoms with Gasteiger partial charge in [-0.05, 0) is 18.0 Å². The number of benzene rings is 1. The second-order valence-electron chi connectivity index (χ2n) is 5.21. The summed E-state index contributed by atoms with van der Waals surface area (Å²) >= 11 is 0. The first-order valence-electron chi connectivity index (χ1n) is 6.95. The second kappa shape index (κ2) is 7.19. The fourth-order valence-corrected chi connectivity index (χ4v) is 2.42.